The molecule has 3 rings (SSSR count). The third-order valence-electron chi connectivity index (χ3n) is 6.47. The molecule has 2 aromatic rings. The highest BCUT2D eigenvalue weighted by molar-refractivity contribution is 7.92. The lowest BCUT2D eigenvalue weighted by Crippen LogP contribution is -2.53. The molecule has 37 heavy (non-hydrogen) atoms. The van der Waals surface area contributed by atoms with Crippen molar-refractivity contribution in [2.24, 2.45) is 0 Å². The topological polar surface area (TPSA) is 96.0 Å². The number of hydrogen-bond acceptors (Lipinski definition) is 5. The number of halogens is 1. The van der Waals surface area contributed by atoms with Crippen LogP contribution in [-0.4, -0.2) is 56.6 Å². The van der Waals surface area contributed by atoms with Gasteiger partial charge in [-0.15, -0.1) is 0 Å². The summed E-state index contributed by atoms with van der Waals surface area (Å²) in [7, 11) is -3.85. The average Bonchev–Trinajstić information content (AvgIpc) is 3.36. The Balaban J connectivity index is 1.94. The molecule has 0 aliphatic heterocycles. The largest absolute Gasteiger partial charge is 0.492 e. The van der Waals surface area contributed by atoms with Crippen LogP contribution in [-0.2, 0) is 26.2 Å². The summed E-state index contributed by atoms with van der Waals surface area (Å²) >= 11 is 6.04. The van der Waals surface area contributed by atoms with Gasteiger partial charge in [0.05, 0.1) is 18.6 Å². The van der Waals surface area contributed by atoms with Crippen molar-refractivity contribution in [2.75, 3.05) is 23.7 Å². The SMILES string of the molecule is CCOc1ccccc1N(CC(=O)N(Cc1ccc(Cl)cc1)[C@@H](CC)C(=O)NC1CCCC1)S(C)(=O)=O. The summed E-state index contributed by atoms with van der Waals surface area (Å²) in [5.74, 6) is -0.351. The molecule has 1 saturated carbocycles. The number of nitrogens with zero attached hydrogens (tertiary/aromatic N) is 2. The maximum Gasteiger partial charge on any atom is 0.244 e. The molecule has 0 unspecified atom stereocenters. The Labute approximate surface area is 225 Å². The van der Waals surface area contributed by atoms with Gasteiger partial charge in [-0.25, -0.2) is 8.42 Å². The van der Waals surface area contributed by atoms with Gasteiger partial charge in [0.1, 0.15) is 18.3 Å². The number of carbonyl (C=O) groups excluding carboxylic acids is 2. The van der Waals surface area contributed by atoms with E-state index in [0.717, 1.165) is 41.8 Å². The summed E-state index contributed by atoms with van der Waals surface area (Å²) in [4.78, 5) is 28.6. The molecule has 202 valence electrons. The fourth-order valence-corrected chi connectivity index (χ4v) is 5.59. The first-order chi connectivity index (χ1) is 17.6. The molecule has 1 atom stereocenters. The summed E-state index contributed by atoms with van der Waals surface area (Å²) in [6.07, 6.45) is 5.41. The molecule has 2 aromatic carbocycles. The molecule has 0 heterocycles. The molecule has 1 fully saturated rings. The zero-order chi connectivity index (χ0) is 27.0. The molecule has 0 bridgehead atoms. The minimum absolute atomic E-state index is 0.0969. The average molecular weight is 550 g/mol. The van der Waals surface area contributed by atoms with Crippen LogP contribution in [0, 0.1) is 0 Å². The molecule has 1 aliphatic carbocycles. The molecule has 0 spiro atoms. The van der Waals surface area contributed by atoms with Crippen molar-refractivity contribution in [3.8, 4) is 5.75 Å². The summed E-state index contributed by atoms with van der Waals surface area (Å²) in [6, 6.07) is 13.1. The number of sulfonamides is 1. The van der Waals surface area contributed by atoms with Crippen LogP contribution >= 0.6 is 11.6 Å². The van der Waals surface area contributed by atoms with Crippen LogP contribution in [0.5, 0.6) is 5.75 Å². The zero-order valence-corrected chi connectivity index (χ0v) is 23.2. The van der Waals surface area contributed by atoms with Gasteiger partial charge in [-0.2, -0.15) is 0 Å². The number of nitrogens with one attached hydrogen (secondary N) is 1. The minimum Gasteiger partial charge on any atom is -0.492 e. The summed E-state index contributed by atoms with van der Waals surface area (Å²) < 4.78 is 32.4. The first kappa shape index (κ1) is 28.8. The molecule has 0 aromatic heterocycles. The van der Waals surface area contributed by atoms with Crippen molar-refractivity contribution in [1.29, 1.82) is 0 Å². The highest BCUT2D eigenvalue weighted by Crippen LogP contribution is 2.30. The molecule has 8 nitrogen and oxygen atoms in total. The highest BCUT2D eigenvalue weighted by Gasteiger charge is 2.33. The molecular weight excluding hydrogens is 514 g/mol. The van der Waals surface area contributed by atoms with E-state index >= 15 is 0 Å². The van der Waals surface area contributed by atoms with Crippen LogP contribution in [0.4, 0.5) is 5.69 Å². The summed E-state index contributed by atoms with van der Waals surface area (Å²) in [5, 5.41) is 3.65. The van der Waals surface area contributed by atoms with E-state index in [4.69, 9.17) is 16.3 Å². The number of para-hydroxylation sites is 2. The Morgan fingerprint density at radius 1 is 1.08 bits per heavy atom. The lowest BCUT2D eigenvalue weighted by molar-refractivity contribution is -0.140. The predicted molar refractivity (Wildman–Crippen MR) is 146 cm³/mol. The first-order valence-corrected chi connectivity index (χ1v) is 14.9. The maximum atomic E-state index is 13.8. The van der Waals surface area contributed by atoms with Gasteiger partial charge in [-0.3, -0.25) is 13.9 Å². The number of benzene rings is 2. The fraction of sp³-hybridized carbons (Fsp3) is 0.481. The second kappa shape index (κ2) is 13.1. The number of amides is 2. The first-order valence-electron chi connectivity index (χ1n) is 12.7. The van der Waals surface area contributed by atoms with E-state index in [0.29, 0.717) is 23.8 Å². The van der Waals surface area contributed by atoms with Gasteiger partial charge in [0.2, 0.25) is 21.8 Å². The number of hydrogen-bond donors (Lipinski definition) is 1. The van der Waals surface area contributed by atoms with Gasteiger partial charge in [-0.05, 0) is 56.0 Å². The van der Waals surface area contributed by atoms with Crippen LogP contribution in [0.15, 0.2) is 48.5 Å². The van der Waals surface area contributed by atoms with Crippen LogP contribution < -0.4 is 14.4 Å². The van der Waals surface area contributed by atoms with Gasteiger partial charge in [0, 0.05) is 17.6 Å². The number of anilines is 1. The Hall–Kier alpha value is -2.78. The fourth-order valence-electron chi connectivity index (χ4n) is 4.61. The predicted octanol–water partition coefficient (Wildman–Crippen LogP) is 4.37. The van der Waals surface area contributed by atoms with Crippen molar-refractivity contribution in [3.63, 3.8) is 0 Å². The highest BCUT2D eigenvalue weighted by atomic mass is 35.5. The van der Waals surface area contributed by atoms with Crippen molar-refractivity contribution in [2.45, 2.75) is 64.6 Å². The van der Waals surface area contributed by atoms with E-state index in [9.17, 15) is 18.0 Å². The third-order valence-corrected chi connectivity index (χ3v) is 7.85. The second-order valence-electron chi connectivity index (χ2n) is 9.23. The normalized spacial score (nSPS) is 14.7. The summed E-state index contributed by atoms with van der Waals surface area (Å²) in [5.41, 5.74) is 1.06. The third kappa shape index (κ3) is 7.85. The Bertz CT molecular complexity index is 1170. The quantitative estimate of drug-likeness (QED) is 0.424. The van der Waals surface area contributed by atoms with Crippen LogP contribution in [0.25, 0.3) is 0 Å². The van der Waals surface area contributed by atoms with Gasteiger partial charge in [0.15, 0.2) is 0 Å². The van der Waals surface area contributed by atoms with E-state index in [2.05, 4.69) is 5.32 Å². The van der Waals surface area contributed by atoms with E-state index < -0.39 is 28.5 Å². The molecule has 0 radical (unpaired) electrons. The lowest BCUT2D eigenvalue weighted by Gasteiger charge is -2.33. The minimum atomic E-state index is -3.85. The number of ether oxygens (including phenoxy) is 1. The maximum absolute atomic E-state index is 13.8. The Morgan fingerprint density at radius 2 is 1.73 bits per heavy atom. The standard InChI is InChI=1S/C27H36ClN3O5S/c1-4-23(27(33)29-22-10-6-7-11-22)30(18-20-14-16-21(28)17-15-20)26(32)19-31(37(3,34)35)24-12-8-9-13-25(24)36-5-2/h8-9,12-17,22-23H,4-7,10-11,18-19H2,1-3H3,(H,29,33)/t23-/m0/s1. The lowest BCUT2D eigenvalue weighted by atomic mass is 10.1. The molecular formula is C27H36ClN3O5S. The second-order valence-corrected chi connectivity index (χ2v) is 11.6. The molecule has 2 amide bonds. The van der Waals surface area contributed by atoms with Gasteiger partial charge in [-0.1, -0.05) is 55.6 Å². The van der Waals surface area contributed by atoms with Crippen LogP contribution in [0.3, 0.4) is 0 Å². The Morgan fingerprint density at radius 3 is 2.32 bits per heavy atom. The van der Waals surface area contributed by atoms with Crippen molar-refractivity contribution >= 4 is 39.1 Å². The van der Waals surface area contributed by atoms with Crippen LogP contribution in [0.1, 0.15) is 51.5 Å². The van der Waals surface area contributed by atoms with E-state index in [1.165, 1.54) is 4.90 Å². The van der Waals surface area contributed by atoms with Gasteiger partial charge >= 0.3 is 0 Å². The number of carbonyl (C=O) groups is 2. The van der Waals surface area contributed by atoms with E-state index in [1.807, 2.05) is 6.92 Å². The Kier molecular flexibility index (Phi) is 10.2. The molecule has 1 aliphatic rings. The van der Waals surface area contributed by atoms with Gasteiger partial charge < -0.3 is 15.0 Å². The zero-order valence-electron chi connectivity index (χ0n) is 21.7. The smallest absolute Gasteiger partial charge is 0.244 e. The van der Waals surface area contributed by atoms with Crippen LogP contribution in [0.2, 0.25) is 5.02 Å². The van der Waals surface area contributed by atoms with Gasteiger partial charge in [0.25, 0.3) is 0 Å². The van der Waals surface area contributed by atoms with Crippen molar-refractivity contribution < 1.29 is 22.7 Å². The molecule has 1 N–H and O–H groups in total. The van der Waals surface area contributed by atoms with Crippen molar-refractivity contribution in [1.82, 2.24) is 10.2 Å². The van der Waals surface area contributed by atoms with E-state index in [-0.39, 0.29) is 24.2 Å². The monoisotopic (exact) mass is 549 g/mol. The summed E-state index contributed by atoms with van der Waals surface area (Å²) in [6.45, 7) is 3.65. The number of rotatable bonds is 12. The molecule has 0 saturated heterocycles. The van der Waals surface area contributed by atoms with E-state index in [1.54, 1.807) is 55.5 Å². The van der Waals surface area contributed by atoms with Crippen molar-refractivity contribution in [3.05, 3.63) is 59.1 Å². The molecule has 10 heteroatoms.